The molecule has 2 unspecified atom stereocenters. The second-order valence-corrected chi connectivity index (χ2v) is 8.95. The molecule has 1 aliphatic carbocycles. The summed E-state index contributed by atoms with van der Waals surface area (Å²) >= 11 is 0. The zero-order valence-electron chi connectivity index (χ0n) is 18.7. The topological polar surface area (TPSA) is 81.3 Å². The van der Waals surface area contributed by atoms with Crippen molar-refractivity contribution in [3.05, 3.63) is 70.2 Å². The van der Waals surface area contributed by atoms with Gasteiger partial charge in [0.2, 0.25) is 0 Å². The Morgan fingerprint density at radius 3 is 2.67 bits per heavy atom. The molecule has 2 aromatic heterocycles. The standard InChI is InChI=1S/C25H28FN5O2/c1-27-25(33)22-7-6-20(15-28-22)31-10-8-30(9-11-31)19-5-3-17(12-19)23-13-16-2-4-18(26)14-21(16)24(32)29-23/h2,4,6-7,13-15,17,19H,3,5,8-12H2,1H3,(H,27,33)(H,29,32). The van der Waals surface area contributed by atoms with Crippen LogP contribution >= 0.6 is 0 Å². The average Bonchev–Trinajstić information content (AvgIpc) is 3.34. The molecule has 5 rings (SSSR count). The third-order valence-electron chi connectivity index (χ3n) is 7.08. The minimum atomic E-state index is -0.390. The Bertz CT molecular complexity index is 1220. The van der Waals surface area contributed by atoms with Crippen LogP contribution in [0.5, 0.6) is 0 Å². The van der Waals surface area contributed by atoms with Crippen LogP contribution in [-0.2, 0) is 0 Å². The molecule has 7 nitrogen and oxygen atoms in total. The Balaban J connectivity index is 1.21. The van der Waals surface area contributed by atoms with Crippen LogP contribution in [0.2, 0.25) is 0 Å². The molecule has 2 fully saturated rings. The number of piperazine rings is 1. The van der Waals surface area contributed by atoms with Gasteiger partial charge in [-0.3, -0.25) is 14.5 Å². The third kappa shape index (κ3) is 4.35. The molecule has 3 heterocycles. The van der Waals surface area contributed by atoms with E-state index in [1.165, 1.54) is 12.1 Å². The van der Waals surface area contributed by atoms with Crippen molar-refractivity contribution < 1.29 is 9.18 Å². The monoisotopic (exact) mass is 449 g/mol. The fourth-order valence-electron chi connectivity index (χ4n) is 5.23. The van der Waals surface area contributed by atoms with Crippen molar-refractivity contribution in [3.8, 4) is 0 Å². The Hall–Kier alpha value is -3.26. The van der Waals surface area contributed by atoms with E-state index in [0.717, 1.165) is 62.2 Å². The molecule has 2 aliphatic rings. The van der Waals surface area contributed by atoms with Gasteiger partial charge in [-0.05, 0) is 55.0 Å². The molecule has 0 radical (unpaired) electrons. The number of aromatic amines is 1. The summed E-state index contributed by atoms with van der Waals surface area (Å²) in [5, 5.41) is 3.79. The number of rotatable bonds is 4. The van der Waals surface area contributed by atoms with Crippen LogP contribution in [0.3, 0.4) is 0 Å². The van der Waals surface area contributed by atoms with Crippen molar-refractivity contribution in [1.82, 2.24) is 20.2 Å². The largest absolute Gasteiger partial charge is 0.368 e. The lowest BCUT2D eigenvalue weighted by Gasteiger charge is -2.39. The lowest BCUT2D eigenvalue weighted by molar-refractivity contribution is 0.0958. The van der Waals surface area contributed by atoms with Crippen molar-refractivity contribution >= 4 is 22.4 Å². The van der Waals surface area contributed by atoms with Crippen LogP contribution in [-0.4, -0.2) is 60.0 Å². The first-order valence-corrected chi connectivity index (χ1v) is 11.5. The molecule has 1 saturated heterocycles. The van der Waals surface area contributed by atoms with Gasteiger partial charge in [0.15, 0.2) is 0 Å². The smallest absolute Gasteiger partial charge is 0.269 e. The number of carbonyl (C=O) groups is 1. The summed E-state index contributed by atoms with van der Waals surface area (Å²) in [6.45, 7) is 3.78. The highest BCUT2D eigenvalue weighted by molar-refractivity contribution is 5.92. The van der Waals surface area contributed by atoms with Crippen molar-refractivity contribution in [2.45, 2.75) is 31.2 Å². The molecule has 1 aliphatic heterocycles. The van der Waals surface area contributed by atoms with Gasteiger partial charge in [-0.25, -0.2) is 9.37 Å². The van der Waals surface area contributed by atoms with Crippen molar-refractivity contribution in [3.63, 3.8) is 0 Å². The molecule has 0 spiro atoms. The third-order valence-corrected chi connectivity index (χ3v) is 7.08. The number of amides is 1. The van der Waals surface area contributed by atoms with Crippen molar-refractivity contribution in [1.29, 1.82) is 0 Å². The number of nitrogens with zero attached hydrogens (tertiary/aromatic N) is 3. The van der Waals surface area contributed by atoms with Gasteiger partial charge in [0.1, 0.15) is 11.5 Å². The van der Waals surface area contributed by atoms with Crippen molar-refractivity contribution in [2.24, 2.45) is 0 Å². The second-order valence-electron chi connectivity index (χ2n) is 8.95. The summed E-state index contributed by atoms with van der Waals surface area (Å²) < 4.78 is 13.5. The lowest BCUT2D eigenvalue weighted by Crippen LogP contribution is -2.49. The number of nitrogens with one attached hydrogen (secondary N) is 2. The van der Waals surface area contributed by atoms with E-state index in [4.69, 9.17) is 0 Å². The number of aromatic nitrogens is 2. The maximum atomic E-state index is 13.5. The minimum absolute atomic E-state index is 0.179. The normalized spacial score (nSPS) is 21.5. The van der Waals surface area contributed by atoms with Gasteiger partial charge in [-0.1, -0.05) is 6.07 Å². The number of H-pyrrole nitrogens is 1. The summed E-state index contributed by atoms with van der Waals surface area (Å²) in [4.78, 5) is 36.3. The number of carbonyl (C=O) groups excluding carboxylic acids is 1. The van der Waals surface area contributed by atoms with E-state index < -0.39 is 0 Å². The van der Waals surface area contributed by atoms with Crippen LogP contribution in [0.25, 0.3) is 10.8 Å². The number of hydrogen-bond donors (Lipinski definition) is 2. The molecule has 172 valence electrons. The van der Waals surface area contributed by atoms with Crippen LogP contribution < -0.4 is 15.8 Å². The van der Waals surface area contributed by atoms with Gasteiger partial charge in [0.05, 0.1) is 11.9 Å². The molecular formula is C25H28FN5O2. The molecule has 1 aromatic carbocycles. The number of pyridine rings is 2. The molecule has 33 heavy (non-hydrogen) atoms. The molecule has 2 atom stereocenters. The van der Waals surface area contributed by atoms with Gasteiger partial charge in [-0.15, -0.1) is 0 Å². The summed E-state index contributed by atoms with van der Waals surface area (Å²) in [5.41, 5.74) is 2.21. The van der Waals surface area contributed by atoms with E-state index in [1.807, 2.05) is 12.1 Å². The Morgan fingerprint density at radius 2 is 1.94 bits per heavy atom. The molecular weight excluding hydrogens is 421 g/mol. The Morgan fingerprint density at radius 1 is 1.12 bits per heavy atom. The second kappa shape index (κ2) is 8.94. The van der Waals surface area contributed by atoms with Crippen LogP contribution in [0.1, 0.15) is 41.4 Å². The molecule has 0 bridgehead atoms. The van der Waals surface area contributed by atoms with Gasteiger partial charge >= 0.3 is 0 Å². The first-order valence-electron chi connectivity index (χ1n) is 11.5. The van der Waals surface area contributed by atoms with E-state index in [1.54, 1.807) is 25.4 Å². The number of hydrogen-bond acceptors (Lipinski definition) is 5. The zero-order valence-corrected chi connectivity index (χ0v) is 18.7. The highest BCUT2D eigenvalue weighted by atomic mass is 19.1. The predicted octanol–water partition coefficient (Wildman–Crippen LogP) is 2.88. The van der Waals surface area contributed by atoms with Gasteiger partial charge < -0.3 is 15.2 Å². The highest BCUT2D eigenvalue weighted by Gasteiger charge is 2.32. The molecule has 1 amide bonds. The SMILES string of the molecule is CNC(=O)c1ccc(N2CCN(C3CCC(c4cc5ccc(F)cc5c(=O)[nH]4)C3)CC2)cn1. The lowest BCUT2D eigenvalue weighted by atomic mass is 10.0. The molecule has 8 heteroatoms. The average molecular weight is 450 g/mol. The maximum Gasteiger partial charge on any atom is 0.269 e. The Kier molecular flexibility index (Phi) is 5.85. The van der Waals surface area contributed by atoms with E-state index >= 15 is 0 Å². The molecule has 1 saturated carbocycles. The number of fused-ring (bicyclic) bond motifs is 1. The summed E-state index contributed by atoms with van der Waals surface area (Å²) in [7, 11) is 1.60. The number of halogens is 1. The van der Waals surface area contributed by atoms with E-state index in [0.29, 0.717) is 23.0 Å². The number of anilines is 1. The fourth-order valence-corrected chi connectivity index (χ4v) is 5.23. The summed E-state index contributed by atoms with van der Waals surface area (Å²) in [5.74, 6) is -0.252. The van der Waals surface area contributed by atoms with Crippen LogP contribution in [0, 0.1) is 5.82 Å². The van der Waals surface area contributed by atoms with E-state index in [-0.39, 0.29) is 17.3 Å². The number of benzene rings is 1. The minimum Gasteiger partial charge on any atom is -0.368 e. The predicted molar refractivity (Wildman–Crippen MR) is 126 cm³/mol. The highest BCUT2D eigenvalue weighted by Crippen LogP contribution is 2.37. The maximum absolute atomic E-state index is 13.5. The van der Waals surface area contributed by atoms with E-state index in [9.17, 15) is 14.0 Å². The summed E-state index contributed by atoms with van der Waals surface area (Å²) in [6.07, 6.45) is 4.94. The quantitative estimate of drug-likeness (QED) is 0.640. The fraction of sp³-hybridized carbons (Fsp3) is 0.400. The zero-order chi connectivity index (χ0) is 22.9. The summed E-state index contributed by atoms with van der Waals surface area (Å²) in [6, 6.07) is 10.6. The van der Waals surface area contributed by atoms with Gasteiger partial charge in [0.25, 0.3) is 11.5 Å². The van der Waals surface area contributed by atoms with Crippen LogP contribution in [0.4, 0.5) is 10.1 Å². The van der Waals surface area contributed by atoms with Gasteiger partial charge in [-0.2, -0.15) is 0 Å². The Labute approximate surface area is 191 Å². The first-order chi connectivity index (χ1) is 16.0. The van der Waals surface area contributed by atoms with Gasteiger partial charge in [0, 0.05) is 56.3 Å². The van der Waals surface area contributed by atoms with Crippen molar-refractivity contribution in [2.75, 3.05) is 38.1 Å². The molecule has 2 N–H and O–H groups in total. The van der Waals surface area contributed by atoms with Crippen LogP contribution in [0.15, 0.2) is 47.4 Å². The molecule has 3 aromatic rings. The van der Waals surface area contributed by atoms with E-state index in [2.05, 4.69) is 25.1 Å². The first kappa shape index (κ1) is 21.6.